The molecule has 4 nitrogen and oxygen atoms in total. The standard InChI is InChI=1S/C11H12F3N3OS/c1-6(9(15)19)16-10(18)17-8-4-2-3-7(5-8)11(12,13)14/h2-6H,1H3,(H2,15,19)(H2,16,17,18). The molecule has 0 saturated heterocycles. The number of rotatable bonds is 3. The van der Waals surface area contributed by atoms with Gasteiger partial charge >= 0.3 is 12.2 Å². The third-order valence-corrected chi connectivity index (χ3v) is 2.58. The van der Waals surface area contributed by atoms with E-state index in [0.717, 1.165) is 12.1 Å². The summed E-state index contributed by atoms with van der Waals surface area (Å²) in [7, 11) is 0. The number of hydrogen-bond acceptors (Lipinski definition) is 2. The van der Waals surface area contributed by atoms with Crippen LogP contribution in [0.15, 0.2) is 24.3 Å². The number of thiocarbonyl (C=S) groups is 1. The summed E-state index contributed by atoms with van der Waals surface area (Å²) in [6.07, 6.45) is -4.46. The summed E-state index contributed by atoms with van der Waals surface area (Å²) in [5.41, 5.74) is 4.49. The zero-order valence-corrected chi connectivity index (χ0v) is 10.7. The summed E-state index contributed by atoms with van der Waals surface area (Å²) >= 11 is 4.66. The smallest absolute Gasteiger partial charge is 0.392 e. The fourth-order valence-corrected chi connectivity index (χ4v) is 1.27. The second-order valence-electron chi connectivity index (χ2n) is 3.80. The first-order chi connectivity index (χ1) is 8.70. The molecule has 0 bridgehead atoms. The Hall–Kier alpha value is -1.83. The van der Waals surface area contributed by atoms with Gasteiger partial charge in [-0.1, -0.05) is 18.3 Å². The highest BCUT2D eigenvalue weighted by Crippen LogP contribution is 2.30. The normalized spacial score (nSPS) is 12.6. The van der Waals surface area contributed by atoms with Crippen molar-refractivity contribution in [2.24, 2.45) is 5.73 Å². The van der Waals surface area contributed by atoms with Crippen LogP contribution in [-0.2, 0) is 6.18 Å². The van der Waals surface area contributed by atoms with Crippen LogP contribution in [0.3, 0.4) is 0 Å². The van der Waals surface area contributed by atoms with Crippen LogP contribution in [0.2, 0.25) is 0 Å². The zero-order chi connectivity index (χ0) is 14.6. The van der Waals surface area contributed by atoms with Gasteiger partial charge in [0.2, 0.25) is 0 Å². The zero-order valence-electron chi connectivity index (χ0n) is 9.91. The van der Waals surface area contributed by atoms with E-state index in [9.17, 15) is 18.0 Å². The van der Waals surface area contributed by atoms with Crippen LogP contribution in [0.1, 0.15) is 12.5 Å². The predicted octanol–water partition coefficient (Wildman–Crippen LogP) is 2.50. The van der Waals surface area contributed by atoms with Crippen LogP contribution >= 0.6 is 12.2 Å². The Morgan fingerprint density at radius 2 is 2.05 bits per heavy atom. The first-order valence-electron chi connectivity index (χ1n) is 5.24. The number of carbonyl (C=O) groups excluding carboxylic acids is 1. The van der Waals surface area contributed by atoms with Crippen molar-refractivity contribution in [2.45, 2.75) is 19.1 Å². The van der Waals surface area contributed by atoms with Crippen molar-refractivity contribution in [1.82, 2.24) is 5.32 Å². The van der Waals surface area contributed by atoms with Crippen LogP contribution < -0.4 is 16.4 Å². The lowest BCUT2D eigenvalue weighted by Gasteiger charge is -2.14. The SMILES string of the molecule is CC(NC(=O)Nc1cccc(C(F)(F)F)c1)C(N)=S. The molecular formula is C11H12F3N3OS. The number of alkyl halides is 3. The van der Waals surface area contributed by atoms with Crippen molar-refractivity contribution < 1.29 is 18.0 Å². The second-order valence-corrected chi connectivity index (χ2v) is 4.27. The summed E-state index contributed by atoms with van der Waals surface area (Å²) in [4.78, 5) is 11.6. The summed E-state index contributed by atoms with van der Waals surface area (Å²) in [5.74, 6) is 0. The summed E-state index contributed by atoms with van der Waals surface area (Å²) in [6, 6.07) is 3.07. The maximum absolute atomic E-state index is 12.5. The molecule has 0 aliphatic heterocycles. The number of benzene rings is 1. The molecule has 0 fully saturated rings. The average Bonchev–Trinajstić information content (AvgIpc) is 2.27. The van der Waals surface area contributed by atoms with E-state index < -0.39 is 23.8 Å². The van der Waals surface area contributed by atoms with Gasteiger partial charge in [0.05, 0.1) is 16.6 Å². The summed E-state index contributed by atoms with van der Waals surface area (Å²) in [5, 5.41) is 4.66. The molecule has 1 aromatic carbocycles. The van der Waals surface area contributed by atoms with Crippen molar-refractivity contribution in [3.8, 4) is 0 Å². The first kappa shape index (κ1) is 15.2. The molecule has 0 aromatic heterocycles. The highest BCUT2D eigenvalue weighted by Gasteiger charge is 2.30. The Kier molecular flexibility index (Phi) is 4.71. The van der Waals surface area contributed by atoms with Crippen LogP contribution in [0.25, 0.3) is 0 Å². The van der Waals surface area contributed by atoms with E-state index >= 15 is 0 Å². The van der Waals surface area contributed by atoms with Crippen molar-refractivity contribution in [1.29, 1.82) is 0 Å². The largest absolute Gasteiger partial charge is 0.416 e. The number of nitrogens with two attached hydrogens (primary N) is 1. The highest BCUT2D eigenvalue weighted by atomic mass is 32.1. The number of hydrogen-bond donors (Lipinski definition) is 3. The minimum atomic E-state index is -4.46. The molecule has 0 spiro atoms. The van der Waals surface area contributed by atoms with Crippen LogP contribution in [0.5, 0.6) is 0 Å². The van der Waals surface area contributed by atoms with E-state index in [4.69, 9.17) is 5.73 Å². The Bertz CT molecular complexity index is 490. The number of anilines is 1. The van der Waals surface area contributed by atoms with Crippen LogP contribution in [0, 0.1) is 0 Å². The van der Waals surface area contributed by atoms with E-state index in [1.54, 1.807) is 6.92 Å². The van der Waals surface area contributed by atoms with Gasteiger partial charge < -0.3 is 16.4 Å². The first-order valence-corrected chi connectivity index (χ1v) is 5.65. The molecule has 0 aliphatic rings. The lowest BCUT2D eigenvalue weighted by atomic mass is 10.2. The Balaban J connectivity index is 2.73. The molecule has 2 amide bonds. The number of nitrogens with one attached hydrogen (secondary N) is 2. The van der Waals surface area contributed by atoms with Crippen molar-refractivity contribution in [2.75, 3.05) is 5.32 Å². The Labute approximate surface area is 113 Å². The van der Waals surface area contributed by atoms with Crippen molar-refractivity contribution in [3.63, 3.8) is 0 Å². The van der Waals surface area contributed by atoms with Gasteiger partial charge in [0.1, 0.15) is 0 Å². The molecule has 0 aliphatic carbocycles. The molecule has 1 rings (SSSR count). The van der Waals surface area contributed by atoms with Crippen molar-refractivity contribution >= 4 is 28.9 Å². The molecule has 1 atom stereocenters. The third kappa shape index (κ3) is 4.74. The molecule has 1 unspecified atom stereocenters. The fourth-order valence-electron chi connectivity index (χ4n) is 1.21. The van der Waals surface area contributed by atoms with Gasteiger partial charge in [-0.2, -0.15) is 13.2 Å². The molecule has 1 aromatic rings. The van der Waals surface area contributed by atoms with Gasteiger partial charge in [-0.3, -0.25) is 0 Å². The van der Waals surface area contributed by atoms with Crippen molar-refractivity contribution in [3.05, 3.63) is 29.8 Å². The molecule has 0 radical (unpaired) electrons. The van der Waals surface area contributed by atoms with E-state index in [-0.39, 0.29) is 10.7 Å². The lowest BCUT2D eigenvalue weighted by molar-refractivity contribution is -0.137. The number of urea groups is 1. The third-order valence-electron chi connectivity index (χ3n) is 2.22. The number of amides is 2. The molecule has 4 N–H and O–H groups in total. The molecule has 0 saturated carbocycles. The number of halogens is 3. The van der Waals surface area contributed by atoms with Gasteiger partial charge in [-0.05, 0) is 25.1 Å². The van der Waals surface area contributed by atoms with E-state index in [2.05, 4.69) is 22.9 Å². The molecule has 104 valence electrons. The molecule has 8 heteroatoms. The average molecular weight is 291 g/mol. The monoisotopic (exact) mass is 291 g/mol. The Morgan fingerprint density at radius 3 is 2.58 bits per heavy atom. The summed E-state index contributed by atoms with van der Waals surface area (Å²) in [6.45, 7) is 1.56. The maximum atomic E-state index is 12.5. The van der Waals surface area contributed by atoms with Gasteiger partial charge in [0, 0.05) is 5.69 Å². The van der Waals surface area contributed by atoms with E-state index in [0.29, 0.717) is 0 Å². The predicted molar refractivity (Wildman–Crippen MR) is 69.8 cm³/mol. The topological polar surface area (TPSA) is 67.2 Å². The summed E-state index contributed by atoms with van der Waals surface area (Å²) < 4.78 is 37.4. The van der Waals surface area contributed by atoms with E-state index in [1.807, 2.05) is 0 Å². The van der Waals surface area contributed by atoms with Gasteiger partial charge in [-0.25, -0.2) is 4.79 Å². The van der Waals surface area contributed by atoms with Gasteiger partial charge in [-0.15, -0.1) is 0 Å². The lowest BCUT2D eigenvalue weighted by Crippen LogP contribution is -2.43. The Morgan fingerprint density at radius 1 is 1.42 bits per heavy atom. The minimum Gasteiger partial charge on any atom is -0.392 e. The van der Waals surface area contributed by atoms with Crippen LogP contribution in [0.4, 0.5) is 23.7 Å². The number of carbonyl (C=O) groups is 1. The minimum absolute atomic E-state index is 0.0301. The maximum Gasteiger partial charge on any atom is 0.416 e. The highest BCUT2D eigenvalue weighted by molar-refractivity contribution is 7.80. The quantitative estimate of drug-likeness (QED) is 0.750. The van der Waals surface area contributed by atoms with E-state index in [1.165, 1.54) is 12.1 Å². The van der Waals surface area contributed by atoms with Crippen LogP contribution in [-0.4, -0.2) is 17.1 Å². The second kappa shape index (κ2) is 5.87. The van der Waals surface area contributed by atoms with Gasteiger partial charge in [0.15, 0.2) is 0 Å². The molecule has 0 heterocycles. The molecular weight excluding hydrogens is 279 g/mol. The fraction of sp³-hybridized carbons (Fsp3) is 0.273. The molecule has 19 heavy (non-hydrogen) atoms. The van der Waals surface area contributed by atoms with Gasteiger partial charge in [0.25, 0.3) is 0 Å².